The van der Waals surface area contributed by atoms with Gasteiger partial charge in [-0.15, -0.1) is 46.7 Å². The predicted molar refractivity (Wildman–Crippen MR) is 62.4 cm³/mol. The van der Waals surface area contributed by atoms with Crippen molar-refractivity contribution >= 4 is 24.4 Å². The van der Waals surface area contributed by atoms with Crippen molar-refractivity contribution in [3.63, 3.8) is 0 Å². The Morgan fingerprint density at radius 3 is 2.67 bits per heavy atom. The number of halogens is 1. The zero-order valence-electron chi connectivity index (χ0n) is 8.66. The average Bonchev–Trinajstić information content (AvgIpc) is 2.32. The molecule has 0 fully saturated rings. The third-order valence-corrected chi connectivity index (χ3v) is 2.02. The van der Waals surface area contributed by atoms with Gasteiger partial charge in [-0.1, -0.05) is 12.1 Å². The molecule has 0 amide bonds. The van der Waals surface area contributed by atoms with E-state index in [0.717, 1.165) is 10.9 Å². The van der Waals surface area contributed by atoms with E-state index in [1.165, 1.54) is 21.7 Å². The second kappa shape index (κ2) is 7.11. The fourth-order valence-corrected chi connectivity index (χ4v) is 1.40. The maximum atomic E-state index is 5.05. The van der Waals surface area contributed by atoms with Crippen molar-refractivity contribution in [2.24, 2.45) is 0 Å². The van der Waals surface area contributed by atoms with Crippen molar-refractivity contribution in [1.29, 1.82) is 0 Å². The van der Waals surface area contributed by atoms with Crippen molar-refractivity contribution in [3.05, 3.63) is 48.0 Å². The first kappa shape index (κ1) is 12.8. The normalized spacial score (nSPS) is 9.60. The monoisotopic (exact) mass is 314 g/mol. The van der Waals surface area contributed by atoms with E-state index < -0.39 is 0 Å². The Morgan fingerprint density at radius 2 is 1.93 bits per heavy atom. The molecule has 0 aliphatic carbocycles. The van der Waals surface area contributed by atoms with Gasteiger partial charge in [-0.2, -0.15) is 0 Å². The molecule has 0 atom stereocenters. The van der Waals surface area contributed by atoms with Crippen molar-refractivity contribution < 1.29 is 21.1 Å². The Kier molecular flexibility index (Phi) is 6.08. The van der Waals surface area contributed by atoms with E-state index in [2.05, 4.69) is 37.9 Å². The van der Waals surface area contributed by atoms with Gasteiger partial charge in [0.1, 0.15) is 0 Å². The topological polar surface area (TPSA) is 9.23 Å². The standard InChI is InChI=1S/C12H11O.BrH.Zn/c1-13-9-10-6-7-11-4-2-3-5-12(11)8-10;;/h2-7H,9H2,1H3;1H;/q-1;;+2/p-1. The van der Waals surface area contributed by atoms with Crippen molar-refractivity contribution in [1.82, 2.24) is 0 Å². The molecule has 0 saturated carbocycles. The maximum absolute atomic E-state index is 5.05. The first-order valence-corrected chi connectivity index (χ1v) is 11.5. The zero-order valence-corrected chi connectivity index (χ0v) is 13.2. The molecule has 0 radical (unpaired) electrons. The third-order valence-electron chi connectivity index (χ3n) is 2.02. The van der Waals surface area contributed by atoms with Crippen molar-refractivity contribution in [2.45, 2.75) is 6.61 Å². The average molecular weight is 317 g/mol. The van der Waals surface area contributed by atoms with Crippen LogP contribution in [-0.2, 0) is 27.7 Å². The SMILES string of the molecule is COCc1[c-]c2ccccc2cc1.[Zn+][Br]. The Bertz CT molecular complexity index is 417. The fourth-order valence-electron chi connectivity index (χ4n) is 1.40. The molecular weight excluding hydrogens is 305 g/mol. The van der Waals surface area contributed by atoms with Crippen LogP contribution in [0.5, 0.6) is 0 Å². The van der Waals surface area contributed by atoms with Crippen LogP contribution in [0.1, 0.15) is 5.56 Å². The first-order valence-electron chi connectivity index (χ1n) is 4.56. The summed E-state index contributed by atoms with van der Waals surface area (Å²) >= 11 is 4.25. The van der Waals surface area contributed by atoms with E-state index in [4.69, 9.17) is 4.74 Å². The summed E-state index contributed by atoms with van der Waals surface area (Å²) < 4.78 is 5.05. The van der Waals surface area contributed by atoms with Crippen molar-refractivity contribution in [3.8, 4) is 0 Å². The van der Waals surface area contributed by atoms with Gasteiger partial charge >= 0.3 is 30.0 Å². The number of hydrogen-bond donors (Lipinski definition) is 0. The van der Waals surface area contributed by atoms with E-state index in [1.54, 1.807) is 7.11 Å². The third kappa shape index (κ3) is 3.68. The molecule has 74 valence electrons. The molecule has 0 saturated heterocycles. The molecule has 0 aromatic heterocycles. The number of rotatable bonds is 2. The quantitative estimate of drug-likeness (QED) is 0.607. The van der Waals surface area contributed by atoms with Gasteiger partial charge in [0, 0.05) is 7.11 Å². The molecule has 2 aromatic carbocycles. The molecule has 1 nitrogen and oxygen atoms in total. The van der Waals surface area contributed by atoms with Gasteiger partial charge in [-0.3, -0.25) is 0 Å². The van der Waals surface area contributed by atoms with Gasteiger partial charge in [0.25, 0.3) is 0 Å². The molecule has 0 bridgehead atoms. The summed E-state index contributed by atoms with van der Waals surface area (Å²) in [6.45, 7) is 0.630. The summed E-state index contributed by atoms with van der Waals surface area (Å²) in [6.07, 6.45) is 0. The molecule has 0 N–H and O–H groups in total. The second-order valence-corrected chi connectivity index (χ2v) is 3.00. The number of fused-ring (bicyclic) bond motifs is 1. The van der Waals surface area contributed by atoms with E-state index in [9.17, 15) is 0 Å². The van der Waals surface area contributed by atoms with Gasteiger partial charge in [0.15, 0.2) is 0 Å². The molecule has 0 unspecified atom stereocenters. The predicted octanol–water partition coefficient (Wildman–Crippen LogP) is 3.63. The molecule has 2 aromatic rings. The van der Waals surface area contributed by atoms with E-state index in [1.807, 2.05) is 18.2 Å². The van der Waals surface area contributed by atoms with Crippen LogP contribution in [0.25, 0.3) is 10.8 Å². The molecule has 0 aliphatic heterocycles. The van der Waals surface area contributed by atoms with Gasteiger partial charge < -0.3 is 4.74 Å². The van der Waals surface area contributed by atoms with Gasteiger partial charge in [0.2, 0.25) is 0 Å². The molecule has 0 spiro atoms. The van der Waals surface area contributed by atoms with Crippen LogP contribution in [0.2, 0.25) is 0 Å². The van der Waals surface area contributed by atoms with Crippen LogP contribution >= 0.6 is 13.6 Å². The van der Waals surface area contributed by atoms with E-state index >= 15 is 0 Å². The minimum atomic E-state index is 0.630. The molecule has 2 rings (SSSR count). The number of hydrogen-bond acceptors (Lipinski definition) is 1. The number of benzene rings is 2. The Morgan fingerprint density at radius 1 is 1.20 bits per heavy atom. The summed E-state index contributed by atoms with van der Waals surface area (Å²) in [5.74, 6) is 0. The van der Waals surface area contributed by atoms with Crippen LogP contribution in [0.15, 0.2) is 36.4 Å². The number of methoxy groups -OCH3 is 1. The molecular formula is C12H11BrOZn. The summed E-state index contributed by atoms with van der Waals surface area (Å²) in [4.78, 5) is 0. The first-order chi connectivity index (χ1) is 7.40. The van der Waals surface area contributed by atoms with Gasteiger partial charge in [-0.25, -0.2) is 0 Å². The molecule has 0 heterocycles. The summed E-state index contributed by atoms with van der Waals surface area (Å²) in [5, 5.41) is 2.37. The molecule has 3 heteroatoms. The summed E-state index contributed by atoms with van der Waals surface area (Å²) in [5.41, 5.74) is 1.10. The minimum absolute atomic E-state index is 0.630. The summed E-state index contributed by atoms with van der Waals surface area (Å²) in [7, 11) is 1.70. The van der Waals surface area contributed by atoms with Gasteiger partial charge in [0.05, 0.1) is 6.61 Å². The molecule has 0 aliphatic rings. The Labute approximate surface area is 107 Å². The van der Waals surface area contributed by atoms with Crippen LogP contribution in [-0.4, -0.2) is 7.11 Å². The van der Waals surface area contributed by atoms with Gasteiger partial charge in [-0.05, 0) is 0 Å². The Hall–Kier alpha value is -0.237. The fraction of sp³-hybridized carbons (Fsp3) is 0.167. The Balaban J connectivity index is 0.000000531. The van der Waals surface area contributed by atoms with Crippen LogP contribution in [0, 0.1) is 6.07 Å². The van der Waals surface area contributed by atoms with E-state index in [-0.39, 0.29) is 0 Å². The van der Waals surface area contributed by atoms with Crippen LogP contribution < -0.4 is 0 Å². The van der Waals surface area contributed by atoms with Crippen LogP contribution in [0.4, 0.5) is 0 Å². The van der Waals surface area contributed by atoms with E-state index in [0.29, 0.717) is 6.61 Å². The number of ether oxygens (including phenoxy) is 1. The van der Waals surface area contributed by atoms with Crippen molar-refractivity contribution in [2.75, 3.05) is 7.11 Å². The zero-order chi connectivity index (χ0) is 11.1. The second-order valence-electron chi connectivity index (χ2n) is 3.00. The summed E-state index contributed by atoms with van der Waals surface area (Å²) in [6, 6.07) is 15.7. The molecule has 15 heavy (non-hydrogen) atoms. The van der Waals surface area contributed by atoms with Crippen LogP contribution in [0.3, 0.4) is 0 Å².